The predicted octanol–water partition coefficient (Wildman–Crippen LogP) is 2.28. The van der Waals surface area contributed by atoms with Crippen LogP contribution in [0.5, 0.6) is 17.2 Å². The molecule has 2 aromatic carbocycles. The molecular formula is C27H26N2O8S. The third-order valence-electron chi connectivity index (χ3n) is 5.79. The number of hydrogen-bond acceptors (Lipinski definition) is 9. The lowest BCUT2D eigenvalue weighted by Crippen LogP contribution is -2.40. The van der Waals surface area contributed by atoms with Crippen molar-refractivity contribution >= 4 is 29.4 Å². The van der Waals surface area contributed by atoms with Crippen molar-refractivity contribution in [2.24, 2.45) is 4.99 Å². The summed E-state index contributed by atoms with van der Waals surface area (Å²) in [6.45, 7) is 3.14. The van der Waals surface area contributed by atoms with Crippen molar-refractivity contribution in [3.63, 3.8) is 0 Å². The second kappa shape index (κ2) is 11.3. The van der Waals surface area contributed by atoms with Gasteiger partial charge < -0.3 is 24.1 Å². The smallest absolute Gasteiger partial charge is 0.341 e. The summed E-state index contributed by atoms with van der Waals surface area (Å²) in [5, 5.41) is 8.78. The Morgan fingerprint density at radius 3 is 2.45 bits per heavy atom. The summed E-state index contributed by atoms with van der Waals surface area (Å²) in [6.07, 6.45) is 1.70. The zero-order chi connectivity index (χ0) is 27.4. The number of esters is 1. The van der Waals surface area contributed by atoms with Crippen LogP contribution in [0.1, 0.15) is 31.0 Å². The zero-order valence-corrected chi connectivity index (χ0v) is 22.0. The van der Waals surface area contributed by atoms with Crippen molar-refractivity contribution in [2.75, 3.05) is 27.4 Å². The number of aromatic nitrogens is 1. The van der Waals surface area contributed by atoms with Crippen LogP contribution in [0, 0.1) is 0 Å². The number of benzene rings is 2. The fraction of sp³-hybridized carbons (Fsp3) is 0.259. The van der Waals surface area contributed by atoms with Gasteiger partial charge in [-0.25, -0.2) is 14.6 Å². The standard InChI is InChI=1S/C27H26N2O8S/c1-5-36-26(33)23-15(2)28-27-29(24(23)19-11-10-18(34-3)13-20(19)35-4)25(32)21(38-27)12-16-6-8-17(9-7-16)37-14-22(30)31/h6-13,24H,5,14H2,1-4H3,(H,30,31)/b21-12+. The summed E-state index contributed by atoms with van der Waals surface area (Å²) in [6, 6.07) is 11.0. The molecule has 1 aliphatic heterocycles. The lowest BCUT2D eigenvalue weighted by Gasteiger charge is -2.26. The van der Waals surface area contributed by atoms with Crippen molar-refractivity contribution in [3.05, 3.63) is 84.5 Å². The third kappa shape index (κ3) is 5.32. The first-order valence-electron chi connectivity index (χ1n) is 11.6. The van der Waals surface area contributed by atoms with E-state index < -0.39 is 24.6 Å². The van der Waals surface area contributed by atoms with Gasteiger partial charge in [-0.3, -0.25) is 9.36 Å². The molecule has 198 valence electrons. The molecule has 0 amide bonds. The van der Waals surface area contributed by atoms with E-state index in [2.05, 4.69) is 4.99 Å². The van der Waals surface area contributed by atoms with Gasteiger partial charge in [0.2, 0.25) is 0 Å². The molecule has 0 spiro atoms. The number of hydrogen-bond donors (Lipinski definition) is 1. The van der Waals surface area contributed by atoms with Crippen LogP contribution in [0.3, 0.4) is 0 Å². The second-order valence-corrected chi connectivity index (χ2v) is 9.17. The normalized spacial score (nSPS) is 14.9. The Bertz CT molecular complexity index is 1580. The van der Waals surface area contributed by atoms with E-state index in [0.717, 1.165) is 0 Å². The summed E-state index contributed by atoms with van der Waals surface area (Å²) in [7, 11) is 3.04. The van der Waals surface area contributed by atoms with Gasteiger partial charge in [0.05, 0.1) is 36.6 Å². The number of carbonyl (C=O) groups is 2. The molecule has 0 aliphatic carbocycles. The molecule has 1 unspecified atom stereocenters. The number of aliphatic carboxylic acids is 1. The molecular weight excluding hydrogens is 512 g/mol. The fourth-order valence-electron chi connectivity index (χ4n) is 4.09. The highest BCUT2D eigenvalue weighted by Crippen LogP contribution is 2.37. The maximum absolute atomic E-state index is 13.8. The minimum atomic E-state index is -1.07. The molecule has 38 heavy (non-hydrogen) atoms. The van der Waals surface area contributed by atoms with Crippen molar-refractivity contribution < 1.29 is 33.6 Å². The lowest BCUT2D eigenvalue weighted by molar-refractivity contribution is -0.140. The Labute approximate surface area is 221 Å². The van der Waals surface area contributed by atoms with Crippen LogP contribution >= 0.6 is 11.3 Å². The Morgan fingerprint density at radius 2 is 1.82 bits per heavy atom. The molecule has 1 aromatic heterocycles. The molecule has 4 rings (SSSR count). The van der Waals surface area contributed by atoms with E-state index in [0.29, 0.717) is 43.4 Å². The van der Waals surface area contributed by atoms with Crippen LogP contribution < -0.4 is 29.1 Å². The zero-order valence-electron chi connectivity index (χ0n) is 21.2. The van der Waals surface area contributed by atoms with E-state index in [1.807, 2.05) is 0 Å². The van der Waals surface area contributed by atoms with Gasteiger partial charge in [-0.2, -0.15) is 0 Å². The summed E-state index contributed by atoms with van der Waals surface area (Å²) >= 11 is 1.19. The Balaban J connectivity index is 1.86. The first kappa shape index (κ1) is 26.7. The van der Waals surface area contributed by atoms with Crippen LogP contribution in [0.2, 0.25) is 0 Å². The number of allylic oxidation sites excluding steroid dienone is 1. The molecule has 2 heterocycles. The molecule has 10 nitrogen and oxygen atoms in total. The molecule has 1 aliphatic rings. The molecule has 0 saturated carbocycles. The van der Waals surface area contributed by atoms with Crippen molar-refractivity contribution in [2.45, 2.75) is 19.9 Å². The van der Waals surface area contributed by atoms with Gasteiger partial charge in [-0.05, 0) is 49.8 Å². The highest BCUT2D eigenvalue weighted by Gasteiger charge is 2.35. The molecule has 1 atom stereocenters. The van der Waals surface area contributed by atoms with Gasteiger partial charge in [0.25, 0.3) is 5.56 Å². The highest BCUT2D eigenvalue weighted by atomic mass is 32.1. The SMILES string of the molecule is CCOC(=O)C1=C(C)N=c2s/c(=C/c3ccc(OCC(=O)O)cc3)c(=O)n2C1c1ccc(OC)cc1OC. The lowest BCUT2D eigenvalue weighted by atomic mass is 9.95. The third-order valence-corrected chi connectivity index (χ3v) is 6.78. The fourth-order valence-corrected chi connectivity index (χ4v) is 5.13. The van der Waals surface area contributed by atoms with Gasteiger partial charge in [0, 0.05) is 11.6 Å². The molecule has 11 heteroatoms. The number of fused-ring (bicyclic) bond motifs is 1. The first-order valence-corrected chi connectivity index (χ1v) is 12.4. The van der Waals surface area contributed by atoms with Crippen LogP contribution in [0.15, 0.2) is 63.5 Å². The van der Waals surface area contributed by atoms with E-state index in [1.165, 1.54) is 30.1 Å². The molecule has 0 saturated heterocycles. The quantitative estimate of drug-likeness (QED) is 0.412. The summed E-state index contributed by atoms with van der Waals surface area (Å²) in [4.78, 5) is 42.6. The average molecular weight is 539 g/mol. The molecule has 0 fully saturated rings. The van der Waals surface area contributed by atoms with Gasteiger partial charge in [-0.15, -0.1) is 0 Å². The Kier molecular flexibility index (Phi) is 7.96. The van der Waals surface area contributed by atoms with Gasteiger partial charge in [0.1, 0.15) is 23.3 Å². The average Bonchev–Trinajstić information content (AvgIpc) is 3.21. The van der Waals surface area contributed by atoms with Crippen LogP contribution in [-0.4, -0.2) is 49.0 Å². The van der Waals surface area contributed by atoms with E-state index in [4.69, 9.17) is 24.1 Å². The van der Waals surface area contributed by atoms with Crippen molar-refractivity contribution in [1.82, 2.24) is 4.57 Å². The monoisotopic (exact) mass is 538 g/mol. The number of methoxy groups -OCH3 is 2. The number of rotatable bonds is 9. The minimum Gasteiger partial charge on any atom is -0.497 e. The van der Waals surface area contributed by atoms with E-state index in [9.17, 15) is 14.4 Å². The van der Waals surface area contributed by atoms with Gasteiger partial charge in [-0.1, -0.05) is 23.5 Å². The first-order chi connectivity index (χ1) is 18.3. The van der Waals surface area contributed by atoms with E-state index >= 15 is 0 Å². The highest BCUT2D eigenvalue weighted by molar-refractivity contribution is 7.07. The van der Waals surface area contributed by atoms with Crippen molar-refractivity contribution in [1.29, 1.82) is 0 Å². The van der Waals surface area contributed by atoms with Crippen molar-refractivity contribution in [3.8, 4) is 17.2 Å². The number of nitrogens with zero attached hydrogens (tertiary/aromatic N) is 2. The number of thiazole rings is 1. The topological polar surface area (TPSA) is 126 Å². The van der Waals surface area contributed by atoms with Crippen LogP contribution in [0.4, 0.5) is 0 Å². The van der Waals surface area contributed by atoms with E-state index in [1.54, 1.807) is 62.4 Å². The summed E-state index contributed by atoms with van der Waals surface area (Å²) < 4.78 is 23.3. The number of ether oxygens (including phenoxy) is 4. The maximum Gasteiger partial charge on any atom is 0.341 e. The second-order valence-electron chi connectivity index (χ2n) is 8.16. The Morgan fingerprint density at radius 1 is 1.11 bits per heavy atom. The molecule has 0 radical (unpaired) electrons. The van der Waals surface area contributed by atoms with Crippen LogP contribution in [-0.2, 0) is 14.3 Å². The minimum absolute atomic E-state index is 0.165. The summed E-state index contributed by atoms with van der Waals surface area (Å²) in [5.74, 6) is -0.240. The van der Waals surface area contributed by atoms with Gasteiger partial charge >= 0.3 is 11.9 Å². The van der Waals surface area contributed by atoms with Gasteiger partial charge in [0.15, 0.2) is 11.4 Å². The molecule has 0 bridgehead atoms. The summed E-state index contributed by atoms with van der Waals surface area (Å²) in [5.41, 5.74) is 1.64. The number of carboxylic acid groups (broad SMARTS) is 1. The largest absolute Gasteiger partial charge is 0.497 e. The Hall–Kier alpha value is -4.38. The van der Waals surface area contributed by atoms with E-state index in [-0.39, 0.29) is 17.7 Å². The predicted molar refractivity (Wildman–Crippen MR) is 140 cm³/mol. The number of carboxylic acids is 1. The number of carbonyl (C=O) groups excluding carboxylic acids is 1. The molecule has 1 N–H and O–H groups in total. The van der Waals surface area contributed by atoms with Crippen LogP contribution in [0.25, 0.3) is 6.08 Å². The maximum atomic E-state index is 13.8. The molecule has 3 aromatic rings.